The number of rotatable bonds is 4. The molecule has 6 rings (SSSR count). The zero-order chi connectivity index (χ0) is 32.7. The summed E-state index contributed by atoms with van der Waals surface area (Å²) in [4.78, 5) is 2.51. The average Bonchev–Trinajstić information content (AvgIpc) is 3.53. The molecule has 0 radical (unpaired) electrons. The molecule has 233 valence electrons. The van der Waals surface area contributed by atoms with E-state index in [0.717, 1.165) is 11.4 Å². The molecule has 0 fully saturated rings. The van der Waals surface area contributed by atoms with Crippen LogP contribution >= 0.6 is 22.9 Å². The fourth-order valence-electron chi connectivity index (χ4n) is 4.05. The van der Waals surface area contributed by atoms with Crippen LogP contribution in [0.4, 0.5) is 17.3 Å². The number of hydrogen-bond donors (Lipinski definition) is 0. The summed E-state index contributed by atoms with van der Waals surface area (Å²) in [6, 6.07) is 44.1. The van der Waals surface area contributed by atoms with E-state index in [2.05, 4.69) is 145 Å². The molecule has 0 saturated heterocycles. The summed E-state index contributed by atoms with van der Waals surface area (Å²) < 4.78 is 40.2. The van der Waals surface area contributed by atoms with Crippen molar-refractivity contribution in [1.29, 1.82) is 0 Å². The first-order valence-corrected chi connectivity index (χ1v) is 16.0. The maximum atomic E-state index is 9.75. The van der Waals surface area contributed by atoms with Crippen molar-refractivity contribution in [1.82, 2.24) is 0 Å². The van der Waals surface area contributed by atoms with Crippen molar-refractivity contribution < 1.29 is 33.3 Å². The van der Waals surface area contributed by atoms with Crippen LogP contribution in [0.15, 0.2) is 150 Å². The first-order chi connectivity index (χ1) is 21.5. The van der Waals surface area contributed by atoms with Gasteiger partial charge in [0.15, 0.2) is 0 Å². The van der Waals surface area contributed by atoms with E-state index < -0.39 is 7.25 Å². The second-order valence-electron chi connectivity index (χ2n) is 10.1. The van der Waals surface area contributed by atoms with E-state index in [1.807, 2.05) is 41.7 Å². The van der Waals surface area contributed by atoms with Crippen molar-refractivity contribution in [3.05, 3.63) is 161 Å². The molecule has 1 heterocycles. The Balaban J connectivity index is 0.000000224. The Labute approximate surface area is 281 Å². The molecule has 0 nitrogen and oxygen atoms in total. The Hall–Kier alpha value is -3.48. The molecule has 0 bridgehead atoms. The van der Waals surface area contributed by atoms with Gasteiger partial charge in [0, 0.05) is 28.3 Å². The second-order valence-corrected chi connectivity index (χ2v) is 12.3. The van der Waals surface area contributed by atoms with E-state index in [1.165, 1.54) is 42.0 Å². The van der Waals surface area contributed by atoms with Gasteiger partial charge < -0.3 is 17.3 Å². The Kier molecular flexibility index (Phi) is 14.8. The molecule has 0 spiro atoms. The fraction of sp³-hybridized carbons (Fsp3) is 0.108. The van der Waals surface area contributed by atoms with E-state index in [-0.39, 0.29) is 0 Å². The third-order valence-corrected chi connectivity index (χ3v) is 8.08. The standard InChI is InChI=1S/C23H16ClS.C9H12.C5H5.BF4.Fe/c24-21-13-11-17(12-14-21)20-15-22(18-7-3-1-4-8-18)25-23(16-20)19-9-5-2-6-10-19;1-8(2)9-6-4-3-5-7-9;1-2-4-5-3-1;2-1(3,4)5;/h1-16H;3-8H,1-2H3;1-3H,4H2;;/q+1;;;-1;. The van der Waals surface area contributed by atoms with Crippen LogP contribution in [0, 0.1) is 0 Å². The van der Waals surface area contributed by atoms with Gasteiger partial charge in [-0.25, -0.2) is 0 Å². The van der Waals surface area contributed by atoms with Gasteiger partial charge in [-0.1, -0.05) is 104 Å². The molecule has 0 N–H and O–H groups in total. The van der Waals surface area contributed by atoms with E-state index in [9.17, 15) is 17.3 Å². The van der Waals surface area contributed by atoms with Gasteiger partial charge in [-0.15, -0.1) is 0 Å². The molecule has 1 aliphatic carbocycles. The minimum atomic E-state index is -6.00. The van der Waals surface area contributed by atoms with E-state index in [1.54, 1.807) is 0 Å². The summed E-state index contributed by atoms with van der Waals surface area (Å²) in [5, 5.41) is 0.758. The fourth-order valence-corrected chi connectivity index (χ4v) is 5.53. The quantitative estimate of drug-likeness (QED) is 0.100. The molecule has 5 aromatic rings. The van der Waals surface area contributed by atoms with Crippen LogP contribution in [0.2, 0.25) is 5.02 Å². The summed E-state index contributed by atoms with van der Waals surface area (Å²) in [6.07, 6.45) is 7.21. The third kappa shape index (κ3) is 14.0. The summed E-state index contributed by atoms with van der Waals surface area (Å²) in [7, 11) is -6.00. The van der Waals surface area contributed by atoms with Crippen LogP contribution in [0.5, 0.6) is 0 Å². The van der Waals surface area contributed by atoms with E-state index in [0.29, 0.717) is 5.92 Å². The first-order valence-electron chi connectivity index (χ1n) is 14.3. The van der Waals surface area contributed by atoms with Crippen LogP contribution in [0.25, 0.3) is 32.0 Å². The van der Waals surface area contributed by atoms with E-state index >= 15 is 0 Å². The van der Waals surface area contributed by atoms with Gasteiger partial charge in [-0.05, 0) is 59.0 Å². The molecule has 0 amide bonds. The molecule has 0 unspecified atom stereocenters. The van der Waals surface area contributed by atoms with Gasteiger partial charge in [-0.3, -0.25) is 0 Å². The molecule has 1 aliphatic rings. The topological polar surface area (TPSA) is 0 Å². The van der Waals surface area contributed by atoms with Crippen LogP contribution in [0.1, 0.15) is 31.7 Å². The number of hydrogen-bond acceptors (Lipinski definition) is 0. The van der Waals surface area contributed by atoms with Gasteiger partial charge in [0.05, 0.1) is 0 Å². The zero-order valence-corrected chi connectivity index (χ0v) is 27.5. The SMILES string of the molecule is CC(C)c1ccccc1.Clc1ccc(-c2cc(-c3ccccc3)[s+]c(-c3ccccc3)c2)cc1.F[B-](F)(F)F.[Fe][C]1=CC=CC1. The van der Waals surface area contributed by atoms with Crippen LogP contribution in [-0.4, -0.2) is 7.25 Å². The van der Waals surface area contributed by atoms with Gasteiger partial charge in [0.25, 0.3) is 0 Å². The van der Waals surface area contributed by atoms with Crippen molar-refractivity contribution in [2.24, 2.45) is 0 Å². The minimum absolute atomic E-state index is 0.659. The molecule has 4 aromatic carbocycles. The van der Waals surface area contributed by atoms with E-state index in [4.69, 9.17) is 11.6 Å². The number of halogens is 5. The van der Waals surface area contributed by atoms with Crippen LogP contribution < -0.4 is 0 Å². The molecule has 0 saturated carbocycles. The van der Waals surface area contributed by atoms with Crippen molar-refractivity contribution in [2.45, 2.75) is 26.2 Å². The van der Waals surface area contributed by atoms with Gasteiger partial charge in [0.2, 0.25) is 21.1 Å². The van der Waals surface area contributed by atoms with Crippen LogP contribution in [0.3, 0.4) is 0 Å². The van der Waals surface area contributed by atoms with Crippen molar-refractivity contribution in [3.8, 4) is 32.0 Å². The summed E-state index contributed by atoms with van der Waals surface area (Å²) in [5.41, 5.74) is 6.26. The Morgan fingerprint density at radius 3 is 1.42 bits per heavy atom. The zero-order valence-electron chi connectivity index (χ0n) is 24.9. The maximum absolute atomic E-state index is 9.75. The van der Waals surface area contributed by atoms with Crippen molar-refractivity contribution in [2.75, 3.05) is 0 Å². The van der Waals surface area contributed by atoms with Crippen molar-refractivity contribution >= 4 is 30.2 Å². The molecular formula is C37H33BClF4FeS. The predicted octanol–water partition coefficient (Wildman–Crippen LogP) is 13.2. The Morgan fingerprint density at radius 1 is 0.644 bits per heavy atom. The molecule has 0 aliphatic heterocycles. The number of allylic oxidation sites excluding steroid dienone is 4. The second kappa shape index (κ2) is 18.5. The third-order valence-electron chi connectivity index (χ3n) is 6.27. The Morgan fingerprint density at radius 2 is 1.09 bits per heavy atom. The normalized spacial score (nSPS) is 11.7. The first kappa shape index (κ1) is 36.0. The molecule has 45 heavy (non-hydrogen) atoms. The summed E-state index contributed by atoms with van der Waals surface area (Å²) in [6.45, 7) is 4.41. The Bertz CT molecular complexity index is 1580. The molecular weight excluding hydrogens is 655 g/mol. The average molecular weight is 688 g/mol. The summed E-state index contributed by atoms with van der Waals surface area (Å²) in [5.74, 6) is 0.659. The van der Waals surface area contributed by atoms with Gasteiger partial charge in [0.1, 0.15) is 0 Å². The van der Waals surface area contributed by atoms with Gasteiger partial charge in [-0.2, -0.15) is 0 Å². The molecule has 8 heteroatoms. The monoisotopic (exact) mass is 687 g/mol. The van der Waals surface area contributed by atoms with Crippen molar-refractivity contribution in [3.63, 3.8) is 0 Å². The van der Waals surface area contributed by atoms with Crippen LogP contribution in [-0.2, 0) is 16.0 Å². The molecule has 0 atom stereocenters. The summed E-state index contributed by atoms with van der Waals surface area (Å²) >= 11 is 11.6. The van der Waals surface area contributed by atoms with Gasteiger partial charge >= 0.3 is 52.4 Å². The number of benzene rings is 4. The predicted molar refractivity (Wildman–Crippen MR) is 183 cm³/mol. The molecule has 1 aromatic heterocycles.